The molecule has 0 aliphatic carbocycles. The number of aliphatic hydroxyl groups is 2. The highest BCUT2D eigenvalue weighted by atomic mass is 16.5. The Labute approximate surface area is 97.9 Å². The minimum Gasteiger partial charge on any atom is -0.501 e. The van der Waals surface area contributed by atoms with Crippen LogP contribution in [0.2, 0.25) is 0 Å². The number of hydrogen-bond donors (Lipinski definition) is 2. The van der Waals surface area contributed by atoms with Crippen LogP contribution in [0.3, 0.4) is 0 Å². The average molecular weight is 232 g/mol. The summed E-state index contributed by atoms with van der Waals surface area (Å²) in [6, 6.07) is 0. The highest BCUT2D eigenvalue weighted by Crippen LogP contribution is 2.01. The molecule has 4 nitrogen and oxygen atoms in total. The Balaban J connectivity index is 3.18. The Bertz CT molecular complexity index is 159. The van der Waals surface area contributed by atoms with Crippen molar-refractivity contribution in [3.8, 4) is 0 Å². The smallest absolute Gasteiger partial charge is 0.0895 e. The molecular formula is C12H24O4. The molecule has 96 valence electrons. The fraction of sp³-hybridized carbons (Fsp3) is 0.833. The predicted molar refractivity (Wildman–Crippen MR) is 63.1 cm³/mol. The van der Waals surface area contributed by atoms with Gasteiger partial charge in [0, 0.05) is 19.6 Å². The predicted octanol–water partition coefficient (Wildman–Crippen LogP) is 1.47. The maximum Gasteiger partial charge on any atom is 0.0895 e. The van der Waals surface area contributed by atoms with Crippen LogP contribution in [0.15, 0.2) is 12.3 Å². The minimum atomic E-state index is 0.166. The molecule has 0 bridgehead atoms. The van der Waals surface area contributed by atoms with Crippen molar-refractivity contribution >= 4 is 0 Å². The van der Waals surface area contributed by atoms with E-state index < -0.39 is 0 Å². The summed E-state index contributed by atoms with van der Waals surface area (Å²) < 4.78 is 10.6. The fourth-order valence-electron chi connectivity index (χ4n) is 1.15. The van der Waals surface area contributed by atoms with Crippen molar-refractivity contribution in [2.75, 3.05) is 26.4 Å². The van der Waals surface area contributed by atoms with Crippen LogP contribution in [0, 0.1) is 0 Å². The zero-order valence-corrected chi connectivity index (χ0v) is 10.1. The van der Waals surface area contributed by atoms with Crippen LogP contribution in [0.4, 0.5) is 0 Å². The summed E-state index contributed by atoms with van der Waals surface area (Å²) in [6.45, 7) is 3.63. The van der Waals surface area contributed by atoms with Crippen molar-refractivity contribution in [1.29, 1.82) is 0 Å². The van der Waals surface area contributed by atoms with Crippen LogP contribution in [-0.2, 0) is 9.47 Å². The third kappa shape index (κ3) is 11.5. The van der Waals surface area contributed by atoms with Gasteiger partial charge in [-0.05, 0) is 32.3 Å². The van der Waals surface area contributed by atoms with E-state index in [1.807, 2.05) is 13.0 Å². The quantitative estimate of drug-likeness (QED) is 0.418. The van der Waals surface area contributed by atoms with Gasteiger partial charge >= 0.3 is 0 Å². The topological polar surface area (TPSA) is 58.9 Å². The van der Waals surface area contributed by atoms with Crippen molar-refractivity contribution in [3.05, 3.63) is 12.3 Å². The molecule has 0 rings (SSSR count). The zero-order chi connectivity index (χ0) is 12.1. The number of ether oxygens (including phenoxy) is 2. The Morgan fingerprint density at radius 2 is 1.88 bits per heavy atom. The SMILES string of the molecule is CC(CCCO)OCCC=COCCCO. The van der Waals surface area contributed by atoms with Crippen LogP contribution < -0.4 is 0 Å². The van der Waals surface area contributed by atoms with Gasteiger partial charge in [0.25, 0.3) is 0 Å². The second-order valence-electron chi connectivity index (χ2n) is 3.66. The molecule has 2 N–H and O–H groups in total. The van der Waals surface area contributed by atoms with Crippen molar-refractivity contribution in [2.45, 2.75) is 38.7 Å². The lowest BCUT2D eigenvalue weighted by molar-refractivity contribution is 0.0582. The molecule has 0 spiro atoms. The summed E-state index contributed by atoms with van der Waals surface area (Å²) in [7, 11) is 0. The van der Waals surface area contributed by atoms with Crippen LogP contribution >= 0.6 is 0 Å². The molecule has 1 atom stereocenters. The lowest BCUT2D eigenvalue weighted by Gasteiger charge is -2.10. The van der Waals surface area contributed by atoms with Gasteiger partial charge in [-0.15, -0.1) is 0 Å². The van der Waals surface area contributed by atoms with Gasteiger partial charge in [-0.2, -0.15) is 0 Å². The second-order valence-corrected chi connectivity index (χ2v) is 3.66. The van der Waals surface area contributed by atoms with E-state index in [9.17, 15) is 0 Å². The Hall–Kier alpha value is -0.580. The van der Waals surface area contributed by atoms with Crippen molar-refractivity contribution in [1.82, 2.24) is 0 Å². The van der Waals surface area contributed by atoms with E-state index in [-0.39, 0.29) is 19.3 Å². The third-order valence-electron chi connectivity index (χ3n) is 2.07. The second kappa shape index (κ2) is 12.5. The molecule has 0 amide bonds. The van der Waals surface area contributed by atoms with Gasteiger partial charge in [0.15, 0.2) is 0 Å². The Morgan fingerprint density at radius 1 is 1.12 bits per heavy atom. The summed E-state index contributed by atoms with van der Waals surface area (Å²) in [6.07, 6.45) is 6.94. The first-order valence-corrected chi connectivity index (χ1v) is 5.91. The summed E-state index contributed by atoms with van der Waals surface area (Å²) in [5.74, 6) is 0. The maximum absolute atomic E-state index is 8.63. The molecule has 0 aromatic heterocycles. The highest BCUT2D eigenvalue weighted by Gasteiger charge is 1.99. The zero-order valence-electron chi connectivity index (χ0n) is 10.1. The van der Waals surface area contributed by atoms with Crippen molar-refractivity contribution in [3.63, 3.8) is 0 Å². The Kier molecular flexibility index (Phi) is 12.0. The molecule has 0 saturated carbocycles. The molecule has 0 saturated heterocycles. The van der Waals surface area contributed by atoms with E-state index in [2.05, 4.69) is 0 Å². The first-order chi connectivity index (χ1) is 7.81. The standard InChI is InChI=1S/C12H24O4/c1-12(6-4-7-13)16-11-3-2-9-15-10-5-8-14/h2,9,12-14H,3-8,10-11H2,1H3. The molecule has 0 aliphatic rings. The van der Waals surface area contributed by atoms with E-state index >= 15 is 0 Å². The third-order valence-corrected chi connectivity index (χ3v) is 2.07. The molecule has 0 radical (unpaired) electrons. The molecular weight excluding hydrogens is 208 g/mol. The average Bonchev–Trinajstić information content (AvgIpc) is 2.30. The van der Waals surface area contributed by atoms with Gasteiger partial charge in [-0.25, -0.2) is 0 Å². The molecule has 1 unspecified atom stereocenters. The van der Waals surface area contributed by atoms with Gasteiger partial charge in [0.05, 0.1) is 25.6 Å². The lowest BCUT2D eigenvalue weighted by Crippen LogP contribution is -2.09. The minimum absolute atomic E-state index is 0.166. The van der Waals surface area contributed by atoms with Crippen LogP contribution in [0.1, 0.15) is 32.6 Å². The highest BCUT2D eigenvalue weighted by molar-refractivity contribution is 4.73. The van der Waals surface area contributed by atoms with Crippen LogP contribution in [0.5, 0.6) is 0 Å². The molecule has 4 heteroatoms. The normalized spacial score (nSPS) is 13.2. The monoisotopic (exact) mass is 232 g/mol. The first kappa shape index (κ1) is 15.4. The lowest BCUT2D eigenvalue weighted by atomic mass is 10.2. The van der Waals surface area contributed by atoms with E-state index in [0.717, 1.165) is 19.3 Å². The molecule has 0 fully saturated rings. The maximum atomic E-state index is 8.63. The number of aliphatic hydroxyl groups excluding tert-OH is 2. The van der Waals surface area contributed by atoms with Crippen LogP contribution in [0.25, 0.3) is 0 Å². The molecule has 16 heavy (non-hydrogen) atoms. The summed E-state index contributed by atoms with van der Waals surface area (Å²) in [4.78, 5) is 0. The van der Waals surface area contributed by atoms with Crippen molar-refractivity contribution in [2.24, 2.45) is 0 Å². The largest absolute Gasteiger partial charge is 0.501 e. The Morgan fingerprint density at radius 3 is 2.56 bits per heavy atom. The van der Waals surface area contributed by atoms with Gasteiger partial charge in [-0.3, -0.25) is 0 Å². The number of hydrogen-bond acceptors (Lipinski definition) is 4. The molecule has 0 aromatic rings. The van der Waals surface area contributed by atoms with Gasteiger partial charge in [0.1, 0.15) is 0 Å². The first-order valence-electron chi connectivity index (χ1n) is 5.91. The van der Waals surface area contributed by atoms with E-state index in [1.54, 1.807) is 6.26 Å². The van der Waals surface area contributed by atoms with Gasteiger partial charge in [-0.1, -0.05) is 0 Å². The van der Waals surface area contributed by atoms with E-state index in [4.69, 9.17) is 19.7 Å². The molecule has 0 aliphatic heterocycles. The summed E-state index contributed by atoms with van der Waals surface area (Å²) >= 11 is 0. The number of rotatable bonds is 11. The van der Waals surface area contributed by atoms with Crippen molar-refractivity contribution < 1.29 is 19.7 Å². The molecule has 0 heterocycles. The van der Waals surface area contributed by atoms with Gasteiger partial charge < -0.3 is 19.7 Å². The molecule has 0 aromatic carbocycles. The summed E-state index contributed by atoms with van der Waals surface area (Å²) in [5, 5.41) is 17.1. The van der Waals surface area contributed by atoms with E-state index in [1.165, 1.54) is 0 Å². The summed E-state index contributed by atoms with van der Waals surface area (Å²) in [5.41, 5.74) is 0. The fourth-order valence-corrected chi connectivity index (χ4v) is 1.15. The van der Waals surface area contributed by atoms with Crippen LogP contribution in [-0.4, -0.2) is 42.7 Å². The van der Waals surface area contributed by atoms with Gasteiger partial charge in [0.2, 0.25) is 0 Å². The van der Waals surface area contributed by atoms with E-state index in [0.29, 0.717) is 19.6 Å².